The van der Waals surface area contributed by atoms with E-state index in [4.69, 9.17) is 21.1 Å². The van der Waals surface area contributed by atoms with E-state index in [1.807, 2.05) is 18.2 Å². The molecule has 0 radical (unpaired) electrons. The van der Waals surface area contributed by atoms with Crippen LogP contribution >= 0.6 is 11.6 Å². The van der Waals surface area contributed by atoms with Crippen LogP contribution in [-0.2, 0) is 9.53 Å². The molecule has 1 N–H and O–H groups in total. The lowest BCUT2D eigenvalue weighted by molar-refractivity contribution is -0.150. The first-order valence-electron chi connectivity index (χ1n) is 8.18. The van der Waals surface area contributed by atoms with Crippen LogP contribution < -0.4 is 10.1 Å². The van der Waals surface area contributed by atoms with Gasteiger partial charge in [0, 0.05) is 10.7 Å². The van der Waals surface area contributed by atoms with E-state index in [-0.39, 0.29) is 5.97 Å². The Labute approximate surface area is 156 Å². The minimum absolute atomic E-state index is 0.328. The maximum absolute atomic E-state index is 11.6. The number of halogens is 1. The third-order valence-electron chi connectivity index (χ3n) is 3.56. The monoisotopic (exact) mass is 371 g/mol. The lowest BCUT2D eigenvalue weighted by atomic mass is 10.3. The number of nitrogens with zero attached hydrogens (tertiary/aromatic N) is 2. The van der Waals surface area contributed by atoms with Crippen LogP contribution in [-0.4, -0.2) is 28.6 Å². The van der Waals surface area contributed by atoms with Crippen LogP contribution in [0.1, 0.15) is 13.8 Å². The molecule has 3 aromatic rings. The number of hydrogen-bond donors (Lipinski definition) is 1. The number of nitrogens with one attached hydrogen (secondary N) is 1. The number of anilines is 2. The minimum Gasteiger partial charge on any atom is -0.479 e. The molecule has 2 aromatic carbocycles. The summed E-state index contributed by atoms with van der Waals surface area (Å²) in [6.07, 6.45) is 0.985. The number of rotatable bonds is 6. The van der Waals surface area contributed by atoms with E-state index in [9.17, 15) is 4.79 Å². The van der Waals surface area contributed by atoms with Gasteiger partial charge in [0.05, 0.1) is 23.8 Å². The molecular formula is C19H18ClN3O3. The Hall–Kier alpha value is -2.86. The van der Waals surface area contributed by atoms with Crippen LogP contribution in [0.4, 0.5) is 11.5 Å². The van der Waals surface area contributed by atoms with E-state index in [0.29, 0.717) is 23.2 Å². The number of aromatic nitrogens is 2. The number of esters is 1. The quantitative estimate of drug-likeness (QED) is 0.649. The van der Waals surface area contributed by atoms with Crippen molar-refractivity contribution in [3.05, 3.63) is 53.7 Å². The van der Waals surface area contributed by atoms with Gasteiger partial charge in [-0.1, -0.05) is 11.6 Å². The molecule has 0 aliphatic rings. The van der Waals surface area contributed by atoms with Gasteiger partial charge in [0.1, 0.15) is 11.6 Å². The third kappa shape index (κ3) is 4.40. The molecule has 3 rings (SSSR count). The standard InChI is InChI=1S/C19H18ClN3O3/c1-3-25-19(24)12(2)26-15-7-5-14(6-8-15)22-18-11-21-17-10-13(20)4-9-16(17)23-18/h4-12H,3H2,1-2H3,(H,22,23). The van der Waals surface area contributed by atoms with Crippen molar-refractivity contribution in [2.24, 2.45) is 0 Å². The Morgan fingerprint density at radius 1 is 1.19 bits per heavy atom. The minimum atomic E-state index is -0.660. The van der Waals surface area contributed by atoms with Gasteiger partial charge in [-0.3, -0.25) is 4.98 Å². The van der Waals surface area contributed by atoms with Crippen LogP contribution in [0.25, 0.3) is 11.0 Å². The van der Waals surface area contributed by atoms with Crippen molar-refractivity contribution in [2.75, 3.05) is 11.9 Å². The van der Waals surface area contributed by atoms with Gasteiger partial charge < -0.3 is 14.8 Å². The summed E-state index contributed by atoms with van der Waals surface area (Å²) >= 11 is 5.95. The SMILES string of the molecule is CCOC(=O)C(C)Oc1ccc(Nc2cnc3cc(Cl)ccc3n2)cc1. The summed E-state index contributed by atoms with van der Waals surface area (Å²) in [5.74, 6) is 0.810. The molecule has 6 nitrogen and oxygen atoms in total. The molecule has 7 heteroatoms. The summed E-state index contributed by atoms with van der Waals surface area (Å²) in [5.41, 5.74) is 2.31. The van der Waals surface area contributed by atoms with Crippen LogP contribution in [0, 0.1) is 0 Å². The number of hydrogen-bond acceptors (Lipinski definition) is 6. The lowest BCUT2D eigenvalue weighted by Gasteiger charge is -2.14. The Bertz CT molecular complexity index is 916. The number of ether oxygens (including phenoxy) is 2. The van der Waals surface area contributed by atoms with Crippen LogP contribution in [0.15, 0.2) is 48.7 Å². The summed E-state index contributed by atoms with van der Waals surface area (Å²) in [4.78, 5) is 20.4. The Balaban J connectivity index is 1.67. The molecule has 1 atom stereocenters. The lowest BCUT2D eigenvalue weighted by Crippen LogP contribution is -2.25. The molecular weight excluding hydrogens is 354 g/mol. The number of fused-ring (bicyclic) bond motifs is 1. The Kier molecular flexibility index (Phi) is 5.53. The molecule has 1 unspecified atom stereocenters. The maximum Gasteiger partial charge on any atom is 0.347 e. The Morgan fingerprint density at radius 3 is 2.69 bits per heavy atom. The first-order valence-corrected chi connectivity index (χ1v) is 8.55. The molecule has 134 valence electrons. The van der Waals surface area contributed by atoms with Crippen molar-refractivity contribution in [2.45, 2.75) is 20.0 Å². The van der Waals surface area contributed by atoms with Gasteiger partial charge in [0.25, 0.3) is 0 Å². The fourth-order valence-electron chi connectivity index (χ4n) is 2.32. The van der Waals surface area contributed by atoms with Crippen LogP contribution in [0.2, 0.25) is 5.02 Å². The third-order valence-corrected chi connectivity index (χ3v) is 3.80. The second-order valence-corrected chi connectivity index (χ2v) is 5.99. The molecule has 1 aromatic heterocycles. The zero-order chi connectivity index (χ0) is 18.5. The highest BCUT2D eigenvalue weighted by Gasteiger charge is 2.15. The molecule has 0 spiro atoms. The smallest absolute Gasteiger partial charge is 0.347 e. The maximum atomic E-state index is 11.6. The summed E-state index contributed by atoms with van der Waals surface area (Å²) < 4.78 is 10.5. The summed E-state index contributed by atoms with van der Waals surface area (Å²) in [6, 6.07) is 12.6. The van der Waals surface area contributed by atoms with E-state index < -0.39 is 6.10 Å². The molecule has 0 aliphatic heterocycles. The topological polar surface area (TPSA) is 73.3 Å². The summed E-state index contributed by atoms with van der Waals surface area (Å²) in [6.45, 7) is 3.74. The zero-order valence-corrected chi connectivity index (χ0v) is 15.2. The van der Waals surface area contributed by atoms with E-state index in [0.717, 1.165) is 16.7 Å². The summed E-state index contributed by atoms with van der Waals surface area (Å²) in [7, 11) is 0. The van der Waals surface area contributed by atoms with Crippen molar-refractivity contribution in [3.8, 4) is 5.75 Å². The molecule has 0 saturated heterocycles. The molecule has 0 amide bonds. The average Bonchev–Trinajstić information content (AvgIpc) is 2.63. The molecule has 0 bridgehead atoms. The fourth-order valence-corrected chi connectivity index (χ4v) is 2.49. The highest BCUT2D eigenvalue weighted by molar-refractivity contribution is 6.31. The molecule has 26 heavy (non-hydrogen) atoms. The predicted molar refractivity (Wildman–Crippen MR) is 101 cm³/mol. The van der Waals surface area contributed by atoms with Gasteiger partial charge in [-0.05, 0) is 56.3 Å². The predicted octanol–water partition coefficient (Wildman–Crippen LogP) is 4.36. The van der Waals surface area contributed by atoms with Gasteiger partial charge >= 0.3 is 5.97 Å². The van der Waals surface area contributed by atoms with Gasteiger partial charge in [0.2, 0.25) is 0 Å². The van der Waals surface area contributed by atoms with Gasteiger partial charge in [0.15, 0.2) is 6.10 Å². The van der Waals surface area contributed by atoms with E-state index in [1.54, 1.807) is 44.3 Å². The Morgan fingerprint density at radius 2 is 1.96 bits per heavy atom. The highest BCUT2D eigenvalue weighted by Crippen LogP contribution is 2.22. The zero-order valence-electron chi connectivity index (χ0n) is 14.4. The van der Waals surface area contributed by atoms with Crippen molar-refractivity contribution in [1.29, 1.82) is 0 Å². The summed E-state index contributed by atoms with van der Waals surface area (Å²) in [5, 5.41) is 3.81. The van der Waals surface area contributed by atoms with Crippen molar-refractivity contribution in [1.82, 2.24) is 9.97 Å². The van der Waals surface area contributed by atoms with Crippen molar-refractivity contribution >= 4 is 40.1 Å². The first kappa shape index (κ1) is 17.9. The van der Waals surface area contributed by atoms with Crippen molar-refractivity contribution in [3.63, 3.8) is 0 Å². The second kappa shape index (κ2) is 8.01. The number of carbonyl (C=O) groups excluding carboxylic acids is 1. The van der Waals surface area contributed by atoms with Crippen LogP contribution in [0.3, 0.4) is 0 Å². The van der Waals surface area contributed by atoms with E-state index >= 15 is 0 Å². The fraction of sp³-hybridized carbons (Fsp3) is 0.211. The molecule has 0 fully saturated rings. The normalized spacial score (nSPS) is 11.8. The van der Waals surface area contributed by atoms with E-state index in [2.05, 4.69) is 15.3 Å². The van der Waals surface area contributed by atoms with Crippen molar-refractivity contribution < 1.29 is 14.3 Å². The van der Waals surface area contributed by atoms with Gasteiger partial charge in [-0.2, -0.15) is 0 Å². The highest BCUT2D eigenvalue weighted by atomic mass is 35.5. The first-order chi connectivity index (χ1) is 12.5. The average molecular weight is 372 g/mol. The molecule has 1 heterocycles. The van der Waals surface area contributed by atoms with Crippen LogP contribution in [0.5, 0.6) is 5.75 Å². The molecule has 0 aliphatic carbocycles. The van der Waals surface area contributed by atoms with Gasteiger partial charge in [-0.25, -0.2) is 9.78 Å². The number of benzene rings is 2. The molecule has 0 saturated carbocycles. The number of carbonyl (C=O) groups is 1. The van der Waals surface area contributed by atoms with Gasteiger partial charge in [-0.15, -0.1) is 0 Å². The second-order valence-electron chi connectivity index (χ2n) is 5.55. The largest absolute Gasteiger partial charge is 0.479 e. The van der Waals surface area contributed by atoms with E-state index in [1.165, 1.54) is 0 Å².